The molecule has 0 aliphatic carbocycles. The minimum atomic E-state index is -0.213. The van der Waals surface area contributed by atoms with Crippen LogP contribution in [0.15, 0.2) is 36.5 Å². The number of hydrogen-bond acceptors (Lipinski definition) is 4. The molecule has 0 bridgehead atoms. The van der Waals surface area contributed by atoms with Gasteiger partial charge >= 0.3 is 0 Å². The summed E-state index contributed by atoms with van der Waals surface area (Å²) in [7, 11) is 0. The Hall–Kier alpha value is -2.01. The molecule has 0 spiro atoms. The molecule has 4 nitrogen and oxygen atoms in total. The van der Waals surface area contributed by atoms with Crippen molar-refractivity contribution in [2.24, 2.45) is 0 Å². The van der Waals surface area contributed by atoms with E-state index in [-0.39, 0.29) is 11.9 Å². The van der Waals surface area contributed by atoms with E-state index < -0.39 is 0 Å². The summed E-state index contributed by atoms with van der Waals surface area (Å²) in [5.41, 5.74) is 1.99. The minimum absolute atomic E-state index is 0.213. The van der Waals surface area contributed by atoms with Crippen LogP contribution in [0.25, 0.3) is 0 Å². The third kappa shape index (κ3) is 3.80. The molecule has 0 radical (unpaired) electrons. The average molecular weight is 301 g/mol. The van der Waals surface area contributed by atoms with Gasteiger partial charge in [0.1, 0.15) is 5.82 Å². The van der Waals surface area contributed by atoms with Crippen LogP contribution in [0, 0.1) is 12.7 Å². The lowest BCUT2D eigenvalue weighted by atomic mass is 10.1. The second-order valence-corrected chi connectivity index (χ2v) is 5.62. The number of aryl methyl sites for hydroxylation is 1. The van der Waals surface area contributed by atoms with Crippen molar-refractivity contribution in [3.05, 3.63) is 53.6 Å². The summed E-state index contributed by atoms with van der Waals surface area (Å²) in [6.07, 6.45) is 3.96. The highest BCUT2D eigenvalue weighted by atomic mass is 19.1. The molecule has 22 heavy (non-hydrogen) atoms. The SMILES string of the molecule is Cc1ccnc(N2CCC(OCc3ccc(F)cc3)CC2)n1. The van der Waals surface area contributed by atoms with Crippen LogP contribution in [-0.4, -0.2) is 29.2 Å². The number of hydrogen-bond donors (Lipinski definition) is 0. The Morgan fingerprint density at radius 2 is 1.91 bits per heavy atom. The van der Waals surface area contributed by atoms with E-state index in [0.29, 0.717) is 6.61 Å². The largest absolute Gasteiger partial charge is 0.373 e. The van der Waals surface area contributed by atoms with Gasteiger partial charge in [-0.05, 0) is 43.5 Å². The van der Waals surface area contributed by atoms with Crippen molar-refractivity contribution >= 4 is 5.95 Å². The predicted octanol–water partition coefficient (Wildman–Crippen LogP) is 3.11. The summed E-state index contributed by atoms with van der Waals surface area (Å²) in [5.74, 6) is 0.590. The molecule has 1 saturated heterocycles. The first-order valence-corrected chi connectivity index (χ1v) is 7.61. The quantitative estimate of drug-likeness (QED) is 0.870. The molecule has 1 aromatic carbocycles. The Morgan fingerprint density at radius 1 is 1.18 bits per heavy atom. The van der Waals surface area contributed by atoms with Crippen molar-refractivity contribution in [3.63, 3.8) is 0 Å². The second-order valence-electron chi connectivity index (χ2n) is 5.62. The van der Waals surface area contributed by atoms with E-state index >= 15 is 0 Å². The highest BCUT2D eigenvalue weighted by molar-refractivity contribution is 5.30. The number of rotatable bonds is 4. The maximum absolute atomic E-state index is 12.9. The molecule has 2 heterocycles. The zero-order valence-corrected chi connectivity index (χ0v) is 12.7. The van der Waals surface area contributed by atoms with Crippen molar-refractivity contribution in [3.8, 4) is 0 Å². The van der Waals surface area contributed by atoms with Crippen LogP contribution in [0.4, 0.5) is 10.3 Å². The molecule has 0 atom stereocenters. The van der Waals surface area contributed by atoms with Gasteiger partial charge in [0.05, 0.1) is 12.7 Å². The average Bonchev–Trinajstić information content (AvgIpc) is 2.55. The van der Waals surface area contributed by atoms with Gasteiger partial charge < -0.3 is 9.64 Å². The normalized spacial score (nSPS) is 16.0. The van der Waals surface area contributed by atoms with Gasteiger partial charge in [-0.1, -0.05) is 12.1 Å². The van der Waals surface area contributed by atoms with E-state index in [9.17, 15) is 4.39 Å². The molecule has 2 aromatic rings. The van der Waals surface area contributed by atoms with Gasteiger partial charge in [-0.2, -0.15) is 0 Å². The van der Waals surface area contributed by atoms with Gasteiger partial charge in [0.15, 0.2) is 0 Å². The number of aromatic nitrogens is 2. The van der Waals surface area contributed by atoms with Crippen LogP contribution < -0.4 is 4.90 Å². The van der Waals surface area contributed by atoms with Crippen LogP contribution >= 0.6 is 0 Å². The van der Waals surface area contributed by atoms with Crippen molar-refractivity contribution in [1.82, 2.24) is 9.97 Å². The molecule has 0 saturated carbocycles. The second kappa shape index (κ2) is 6.83. The summed E-state index contributed by atoms with van der Waals surface area (Å²) >= 11 is 0. The molecule has 1 aliphatic heterocycles. The Morgan fingerprint density at radius 3 is 2.59 bits per heavy atom. The summed E-state index contributed by atoms with van der Waals surface area (Å²) in [4.78, 5) is 11.0. The maximum atomic E-state index is 12.9. The number of anilines is 1. The fourth-order valence-electron chi connectivity index (χ4n) is 2.61. The van der Waals surface area contributed by atoms with Gasteiger partial charge in [-0.15, -0.1) is 0 Å². The Bertz CT molecular complexity index is 610. The summed E-state index contributed by atoms with van der Waals surface area (Å²) in [6, 6.07) is 8.38. The molecule has 3 rings (SSSR count). The molecule has 5 heteroatoms. The van der Waals surface area contributed by atoms with E-state index in [0.717, 1.165) is 43.1 Å². The third-order valence-electron chi connectivity index (χ3n) is 3.91. The van der Waals surface area contributed by atoms with E-state index in [1.54, 1.807) is 18.3 Å². The van der Waals surface area contributed by atoms with Crippen LogP contribution in [0.2, 0.25) is 0 Å². The molecule has 1 aliphatic rings. The van der Waals surface area contributed by atoms with E-state index in [1.807, 2.05) is 13.0 Å². The van der Waals surface area contributed by atoms with Gasteiger partial charge in [-0.25, -0.2) is 14.4 Å². The number of benzene rings is 1. The lowest BCUT2D eigenvalue weighted by molar-refractivity contribution is 0.0249. The van der Waals surface area contributed by atoms with Gasteiger partial charge in [0.25, 0.3) is 0 Å². The van der Waals surface area contributed by atoms with Crippen molar-refractivity contribution in [1.29, 1.82) is 0 Å². The number of piperidine rings is 1. The molecule has 116 valence electrons. The van der Waals surface area contributed by atoms with Gasteiger partial charge in [0.2, 0.25) is 5.95 Å². The number of ether oxygens (including phenoxy) is 1. The predicted molar refractivity (Wildman–Crippen MR) is 83.2 cm³/mol. The lowest BCUT2D eigenvalue weighted by Gasteiger charge is -2.32. The highest BCUT2D eigenvalue weighted by Crippen LogP contribution is 2.19. The summed E-state index contributed by atoms with van der Waals surface area (Å²) in [6.45, 7) is 4.31. The highest BCUT2D eigenvalue weighted by Gasteiger charge is 2.21. The number of halogens is 1. The first-order chi connectivity index (χ1) is 10.7. The van der Waals surface area contributed by atoms with Crippen LogP contribution in [-0.2, 0) is 11.3 Å². The van der Waals surface area contributed by atoms with Crippen LogP contribution in [0.3, 0.4) is 0 Å². The minimum Gasteiger partial charge on any atom is -0.373 e. The molecular weight excluding hydrogens is 281 g/mol. The van der Waals surface area contributed by atoms with Crippen LogP contribution in [0.1, 0.15) is 24.1 Å². The fraction of sp³-hybridized carbons (Fsp3) is 0.412. The fourth-order valence-corrected chi connectivity index (χ4v) is 2.61. The molecule has 0 N–H and O–H groups in total. The van der Waals surface area contributed by atoms with Crippen molar-refractivity contribution in [2.75, 3.05) is 18.0 Å². The first kappa shape index (κ1) is 14.9. The number of nitrogens with zero attached hydrogens (tertiary/aromatic N) is 3. The van der Waals surface area contributed by atoms with Crippen molar-refractivity contribution in [2.45, 2.75) is 32.5 Å². The third-order valence-corrected chi connectivity index (χ3v) is 3.91. The molecule has 0 unspecified atom stereocenters. The smallest absolute Gasteiger partial charge is 0.225 e. The Kier molecular flexibility index (Phi) is 4.63. The molecule has 1 aromatic heterocycles. The molecular formula is C17H20FN3O. The standard InChI is InChI=1S/C17H20FN3O/c1-13-6-9-19-17(20-13)21-10-7-16(8-11-21)22-12-14-2-4-15(18)5-3-14/h2-6,9,16H,7-8,10-12H2,1H3. The monoisotopic (exact) mass is 301 g/mol. The summed E-state index contributed by atoms with van der Waals surface area (Å²) in [5, 5.41) is 0. The Labute approximate surface area is 130 Å². The summed E-state index contributed by atoms with van der Waals surface area (Å²) < 4.78 is 18.8. The van der Waals surface area contributed by atoms with Crippen molar-refractivity contribution < 1.29 is 9.13 Å². The molecule has 0 amide bonds. The zero-order chi connectivity index (χ0) is 15.4. The first-order valence-electron chi connectivity index (χ1n) is 7.61. The van der Waals surface area contributed by atoms with E-state index in [4.69, 9.17) is 4.74 Å². The van der Waals surface area contributed by atoms with Gasteiger partial charge in [-0.3, -0.25) is 0 Å². The lowest BCUT2D eigenvalue weighted by Crippen LogP contribution is -2.38. The molecule has 1 fully saturated rings. The zero-order valence-electron chi connectivity index (χ0n) is 12.7. The maximum Gasteiger partial charge on any atom is 0.225 e. The van der Waals surface area contributed by atoms with Gasteiger partial charge in [0, 0.05) is 25.0 Å². The Balaban J connectivity index is 1.48. The van der Waals surface area contributed by atoms with E-state index in [2.05, 4.69) is 14.9 Å². The van der Waals surface area contributed by atoms with E-state index in [1.165, 1.54) is 12.1 Å². The van der Waals surface area contributed by atoms with Crippen LogP contribution in [0.5, 0.6) is 0 Å². The topological polar surface area (TPSA) is 38.2 Å².